The molecule has 0 heterocycles. The molecule has 1 unspecified atom stereocenters. The van der Waals surface area contributed by atoms with Crippen LogP contribution in [0.15, 0.2) is 24.3 Å². The number of nitrogens with two attached hydrogens (primary N) is 2. The lowest BCUT2D eigenvalue weighted by molar-refractivity contribution is 0.0968. The summed E-state index contributed by atoms with van der Waals surface area (Å²) in [4.78, 5) is 22.1. The molecule has 0 aliphatic carbocycles. The van der Waals surface area contributed by atoms with Gasteiger partial charge in [-0.3, -0.25) is 4.79 Å². The number of hydrogen-bond donors (Lipinski definition) is 3. The molecule has 1 aromatic carbocycles. The van der Waals surface area contributed by atoms with Gasteiger partial charge in [0, 0.05) is 11.3 Å². The molecule has 5 nitrogen and oxygen atoms in total. The van der Waals surface area contributed by atoms with Crippen LogP contribution in [0.2, 0.25) is 0 Å². The van der Waals surface area contributed by atoms with Crippen LogP contribution in [0.5, 0.6) is 0 Å². The Morgan fingerprint density at radius 3 is 2.60 bits per heavy atom. The van der Waals surface area contributed by atoms with Crippen LogP contribution in [-0.4, -0.2) is 17.9 Å². The molecule has 0 aliphatic heterocycles. The summed E-state index contributed by atoms with van der Waals surface area (Å²) < 4.78 is 0. The maximum atomic E-state index is 11.5. The Balaban J connectivity index is 2.92. The minimum Gasteiger partial charge on any atom is -0.351 e. The highest BCUT2D eigenvalue weighted by molar-refractivity contribution is 6.01. The first kappa shape index (κ1) is 11.2. The van der Waals surface area contributed by atoms with Crippen molar-refractivity contribution in [2.75, 3.05) is 5.32 Å². The van der Waals surface area contributed by atoms with Crippen molar-refractivity contribution in [3.8, 4) is 0 Å². The molecule has 0 aromatic heterocycles. The molecule has 0 saturated heterocycles. The maximum Gasteiger partial charge on any atom is 0.316 e. The summed E-state index contributed by atoms with van der Waals surface area (Å²) in [5.41, 5.74) is 11.3. The molecule has 5 heteroatoms. The number of carbonyl (C=O) groups excluding carboxylic acids is 2. The third-order valence-electron chi connectivity index (χ3n) is 1.83. The zero-order chi connectivity index (χ0) is 11.4. The Morgan fingerprint density at radius 1 is 1.40 bits per heavy atom. The Bertz CT molecular complexity index is 388. The number of urea groups is 1. The van der Waals surface area contributed by atoms with Gasteiger partial charge in [-0.1, -0.05) is 12.1 Å². The first-order valence-corrected chi connectivity index (χ1v) is 4.47. The van der Waals surface area contributed by atoms with Gasteiger partial charge in [-0.25, -0.2) is 4.79 Å². The SMILES string of the molecule is CC(N)C(=O)c1cccc(NC(N)=O)c1. The van der Waals surface area contributed by atoms with Crippen molar-refractivity contribution >= 4 is 17.5 Å². The van der Waals surface area contributed by atoms with Gasteiger partial charge in [0.25, 0.3) is 0 Å². The largest absolute Gasteiger partial charge is 0.351 e. The first-order chi connectivity index (χ1) is 7.00. The second-order valence-corrected chi connectivity index (χ2v) is 3.22. The van der Waals surface area contributed by atoms with E-state index < -0.39 is 12.1 Å². The van der Waals surface area contributed by atoms with Crippen LogP contribution >= 0.6 is 0 Å². The topological polar surface area (TPSA) is 98.2 Å². The van der Waals surface area contributed by atoms with E-state index in [0.717, 1.165) is 0 Å². The lowest BCUT2D eigenvalue weighted by Crippen LogP contribution is -2.26. The van der Waals surface area contributed by atoms with Crippen LogP contribution in [0.25, 0.3) is 0 Å². The van der Waals surface area contributed by atoms with Gasteiger partial charge >= 0.3 is 6.03 Å². The molecule has 0 bridgehead atoms. The van der Waals surface area contributed by atoms with Crippen molar-refractivity contribution < 1.29 is 9.59 Å². The van der Waals surface area contributed by atoms with E-state index in [1.165, 1.54) is 6.07 Å². The van der Waals surface area contributed by atoms with Crippen LogP contribution < -0.4 is 16.8 Å². The molecule has 1 aromatic rings. The smallest absolute Gasteiger partial charge is 0.316 e. The van der Waals surface area contributed by atoms with Crippen LogP contribution in [0.1, 0.15) is 17.3 Å². The van der Waals surface area contributed by atoms with Crippen LogP contribution in [0, 0.1) is 0 Å². The van der Waals surface area contributed by atoms with Crippen molar-refractivity contribution in [1.29, 1.82) is 0 Å². The average Bonchev–Trinajstić information content (AvgIpc) is 2.16. The first-order valence-electron chi connectivity index (χ1n) is 4.47. The van der Waals surface area contributed by atoms with Crippen LogP contribution in [0.3, 0.4) is 0 Å². The number of benzene rings is 1. The van der Waals surface area contributed by atoms with E-state index in [1.807, 2.05) is 0 Å². The van der Waals surface area contributed by atoms with E-state index in [4.69, 9.17) is 11.5 Å². The summed E-state index contributed by atoms with van der Waals surface area (Å²) in [5, 5.41) is 2.38. The fourth-order valence-electron chi connectivity index (χ4n) is 1.16. The van der Waals surface area contributed by atoms with Crippen molar-refractivity contribution in [3.63, 3.8) is 0 Å². The molecule has 15 heavy (non-hydrogen) atoms. The molecule has 0 fully saturated rings. The van der Waals surface area contributed by atoms with Crippen LogP contribution in [-0.2, 0) is 0 Å². The second kappa shape index (κ2) is 4.56. The lowest BCUT2D eigenvalue weighted by Gasteiger charge is -2.06. The maximum absolute atomic E-state index is 11.5. The van der Waals surface area contributed by atoms with E-state index >= 15 is 0 Å². The number of hydrogen-bond acceptors (Lipinski definition) is 3. The summed E-state index contributed by atoms with van der Waals surface area (Å²) in [6, 6.07) is 5.24. The fourth-order valence-corrected chi connectivity index (χ4v) is 1.16. The standard InChI is InChI=1S/C10H13N3O2/c1-6(11)9(14)7-3-2-4-8(5-7)13-10(12)15/h2-6H,11H2,1H3,(H3,12,13,15). The van der Waals surface area contributed by atoms with Gasteiger partial charge < -0.3 is 16.8 Å². The number of primary amides is 1. The van der Waals surface area contributed by atoms with Gasteiger partial charge in [-0.15, -0.1) is 0 Å². The van der Waals surface area contributed by atoms with E-state index in [-0.39, 0.29) is 5.78 Å². The molecule has 1 rings (SSSR count). The third-order valence-corrected chi connectivity index (χ3v) is 1.83. The Labute approximate surface area is 87.4 Å². The predicted octanol–water partition coefficient (Wildman–Crippen LogP) is 0.707. The van der Waals surface area contributed by atoms with Gasteiger partial charge in [-0.2, -0.15) is 0 Å². The number of amides is 2. The monoisotopic (exact) mass is 207 g/mol. The molecular weight excluding hydrogens is 194 g/mol. The zero-order valence-corrected chi connectivity index (χ0v) is 8.36. The van der Waals surface area contributed by atoms with E-state index in [0.29, 0.717) is 11.3 Å². The predicted molar refractivity (Wildman–Crippen MR) is 57.6 cm³/mol. The normalized spacial score (nSPS) is 11.9. The number of nitrogens with one attached hydrogen (secondary N) is 1. The number of carbonyl (C=O) groups is 2. The summed E-state index contributed by atoms with van der Waals surface area (Å²) >= 11 is 0. The quantitative estimate of drug-likeness (QED) is 0.636. The van der Waals surface area contributed by atoms with Crippen LogP contribution in [0.4, 0.5) is 10.5 Å². The lowest BCUT2D eigenvalue weighted by atomic mass is 10.1. The Kier molecular flexibility index (Phi) is 3.41. The summed E-state index contributed by atoms with van der Waals surface area (Å²) in [7, 11) is 0. The fraction of sp³-hybridized carbons (Fsp3) is 0.200. The molecule has 2 amide bonds. The van der Waals surface area contributed by atoms with Crippen molar-refractivity contribution in [3.05, 3.63) is 29.8 Å². The van der Waals surface area contributed by atoms with Gasteiger partial charge in [0.1, 0.15) is 0 Å². The number of Topliss-reactive ketones (excluding diaryl/α,β-unsaturated/α-hetero) is 1. The van der Waals surface area contributed by atoms with E-state index in [9.17, 15) is 9.59 Å². The van der Waals surface area contributed by atoms with Gasteiger partial charge in [0.2, 0.25) is 0 Å². The minimum absolute atomic E-state index is 0.178. The molecular formula is C10H13N3O2. The average molecular weight is 207 g/mol. The van der Waals surface area contributed by atoms with Gasteiger partial charge in [-0.05, 0) is 19.1 Å². The molecule has 0 aliphatic rings. The molecule has 1 atom stereocenters. The summed E-state index contributed by atoms with van der Waals surface area (Å²) in [6.45, 7) is 1.61. The van der Waals surface area contributed by atoms with Gasteiger partial charge in [0.15, 0.2) is 5.78 Å². The molecule has 0 radical (unpaired) electrons. The van der Waals surface area contributed by atoms with E-state index in [2.05, 4.69) is 5.32 Å². The highest BCUT2D eigenvalue weighted by atomic mass is 16.2. The van der Waals surface area contributed by atoms with E-state index in [1.54, 1.807) is 25.1 Å². The minimum atomic E-state index is -0.666. The second-order valence-electron chi connectivity index (χ2n) is 3.22. The van der Waals surface area contributed by atoms with Gasteiger partial charge in [0.05, 0.1) is 6.04 Å². The van der Waals surface area contributed by atoms with Crippen molar-refractivity contribution in [2.45, 2.75) is 13.0 Å². The molecule has 0 spiro atoms. The van der Waals surface area contributed by atoms with Crippen molar-refractivity contribution in [2.24, 2.45) is 11.5 Å². The zero-order valence-electron chi connectivity index (χ0n) is 8.36. The highest BCUT2D eigenvalue weighted by Gasteiger charge is 2.10. The summed E-state index contributed by atoms with van der Waals surface area (Å²) in [6.07, 6.45) is 0. The molecule has 80 valence electrons. The Hall–Kier alpha value is -1.88. The number of rotatable bonds is 3. The summed E-state index contributed by atoms with van der Waals surface area (Å²) in [5.74, 6) is -0.178. The highest BCUT2D eigenvalue weighted by Crippen LogP contribution is 2.11. The number of anilines is 1. The van der Waals surface area contributed by atoms with Crippen molar-refractivity contribution in [1.82, 2.24) is 0 Å². The molecule has 5 N–H and O–H groups in total. The Morgan fingerprint density at radius 2 is 2.07 bits per heavy atom. The molecule has 0 saturated carbocycles. The number of ketones is 1. The third kappa shape index (κ3) is 3.07.